The zero-order chi connectivity index (χ0) is 30.3. The molecular formula is C26H29F3N6O6. The van der Waals surface area contributed by atoms with E-state index in [4.69, 9.17) is 19.7 Å². The number of halogens is 3. The fraction of sp³-hybridized carbons (Fsp3) is 0.423. The molecule has 3 aromatic heterocycles. The molecule has 0 spiro atoms. The number of aliphatic carboxylic acids is 1. The van der Waals surface area contributed by atoms with E-state index in [1.165, 1.54) is 6.20 Å². The number of pyridine rings is 2. The van der Waals surface area contributed by atoms with E-state index < -0.39 is 18.2 Å². The van der Waals surface area contributed by atoms with Gasteiger partial charge in [0.15, 0.2) is 0 Å². The number of amides is 1. The van der Waals surface area contributed by atoms with Gasteiger partial charge in [0, 0.05) is 43.5 Å². The maximum atomic E-state index is 12.4. The number of aliphatic hydroxyl groups is 2. The van der Waals surface area contributed by atoms with Gasteiger partial charge in [-0.2, -0.15) is 23.5 Å². The number of aromatic nitrogens is 3. The third kappa shape index (κ3) is 7.62. The Balaban J connectivity index is 0.000000587. The van der Waals surface area contributed by atoms with Crippen LogP contribution in [0.25, 0.3) is 16.6 Å². The first-order valence-corrected chi connectivity index (χ1v) is 12.5. The van der Waals surface area contributed by atoms with Crippen molar-refractivity contribution in [2.45, 2.75) is 26.1 Å². The number of anilines is 1. The number of carboxylic acid groups (broad SMARTS) is 1. The molecule has 220 valence electrons. The van der Waals surface area contributed by atoms with Crippen LogP contribution in [0.4, 0.5) is 19.0 Å². The van der Waals surface area contributed by atoms with Crippen LogP contribution in [0.5, 0.6) is 5.75 Å². The fourth-order valence-corrected chi connectivity index (χ4v) is 4.00. The maximum Gasteiger partial charge on any atom is 0.490 e. The number of nitrogens with zero attached hydrogens (tertiary/aromatic N) is 6. The topological polar surface area (TPSA) is 165 Å². The van der Waals surface area contributed by atoms with Crippen molar-refractivity contribution in [3.05, 3.63) is 42.4 Å². The summed E-state index contributed by atoms with van der Waals surface area (Å²) >= 11 is 0. The molecule has 1 amide bonds. The minimum Gasteiger partial charge on any atom is -0.490 e. The van der Waals surface area contributed by atoms with Crippen molar-refractivity contribution in [2.75, 3.05) is 44.3 Å². The number of alkyl halides is 3. The molecule has 12 nitrogen and oxygen atoms in total. The van der Waals surface area contributed by atoms with Gasteiger partial charge in [0.1, 0.15) is 30.3 Å². The molecule has 3 aromatic rings. The number of aliphatic hydroxyl groups excluding tert-OH is 2. The molecular weight excluding hydrogens is 549 g/mol. The van der Waals surface area contributed by atoms with Crippen LogP contribution in [0, 0.1) is 17.2 Å². The molecule has 1 aliphatic rings. The summed E-state index contributed by atoms with van der Waals surface area (Å²) < 4.78 is 38.9. The molecule has 4 rings (SSSR count). The SMILES string of the molecule is CC(C)C(O)C(=O)N1CCN(c2ccc(-c3cc(OCCO)cn4ncc(C#N)c34)cn2)CC1.O=C(O)C(F)(F)F. The summed E-state index contributed by atoms with van der Waals surface area (Å²) in [5, 5.41) is 40.0. The van der Waals surface area contributed by atoms with Gasteiger partial charge in [-0.1, -0.05) is 13.8 Å². The highest BCUT2D eigenvalue weighted by Crippen LogP contribution is 2.31. The Morgan fingerprint density at radius 1 is 1.17 bits per heavy atom. The summed E-state index contributed by atoms with van der Waals surface area (Å²) in [6.07, 6.45) is -1.13. The monoisotopic (exact) mass is 578 g/mol. The minimum atomic E-state index is -5.08. The largest absolute Gasteiger partial charge is 0.490 e. The molecule has 0 aliphatic carbocycles. The molecule has 3 N–H and O–H groups in total. The molecule has 4 heterocycles. The van der Waals surface area contributed by atoms with E-state index in [-0.39, 0.29) is 25.0 Å². The van der Waals surface area contributed by atoms with Crippen LogP contribution in [0.15, 0.2) is 36.8 Å². The van der Waals surface area contributed by atoms with Crippen LogP contribution in [0.3, 0.4) is 0 Å². The summed E-state index contributed by atoms with van der Waals surface area (Å²) in [7, 11) is 0. The molecule has 0 saturated carbocycles. The van der Waals surface area contributed by atoms with E-state index in [9.17, 15) is 28.3 Å². The summed E-state index contributed by atoms with van der Waals surface area (Å²) in [5.41, 5.74) is 2.65. The van der Waals surface area contributed by atoms with Crippen LogP contribution in [0.2, 0.25) is 0 Å². The van der Waals surface area contributed by atoms with Crippen LogP contribution in [0.1, 0.15) is 19.4 Å². The van der Waals surface area contributed by atoms with Crippen molar-refractivity contribution >= 4 is 23.2 Å². The number of fused-ring (bicyclic) bond motifs is 1. The van der Waals surface area contributed by atoms with E-state index in [1.807, 2.05) is 32.0 Å². The lowest BCUT2D eigenvalue weighted by atomic mass is 10.0. The quantitative estimate of drug-likeness (QED) is 0.377. The summed E-state index contributed by atoms with van der Waals surface area (Å²) in [5.74, 6) is -1.78. The van der Waals surface area contributed by atoms with E-state index in [2.05, 4.69) is 21.1 Å². The van der Waals surface area contributed by atoms with Gasteiger partial charge in [-0.15, -0.1) is 0 Å². The van der Waals surface area contributed by atoms with Gasteiger partial charge in [0.2, 0.25) is 0 Å². The lowest BCUT2D eigenvalue weighted by Gasteiger charge is -2.36. The Bertz CT molecular complexity index is 1400. The van der Waals surface area contributed by atoms with Crippen LogP contribution >= 0.6 is 0 Å². The molecule has 0 aromatic carbocycles. The number of carbonyl (C=O) groups is 2. The second-order valence-electron chi connectivity index (χ2n) is 9.33. The smallest absolute Gasteiger partial charge is 0.490 e. The van der Waals surface area contributed by atoms with Crippen molar-refractivity contribution in [3.8, 4) is 22.9 Å². The molecule has 1 atom stereocenters. The average Bonchev–Trinajstić information content (AvgIpc) is 3.38. The van der Waals surface area contributed by atoms with Gasteiger partial charge in [-0.05, 0) is 24.1 Å². The Kier molecular flexibility index (Phi) is 10.1. The van der Waals surface area contributed by atoms with E-state index >= 15 is 0 Å². The summed E-state index contributed by atoms with van der Waals surface area (Å²) in [4.78, 5) is 29.7. The molecule has 1 aliphatic heterocycles. The zero-order valence-electron chi connectivity index (χ0n) is 22.2. The Labute approximate surface area is 232 Å². The number of carbonyl (C=O) groups excluding carboxylic acids is 1. The van der Waals surface area contributed by atoms with Crippen molar-refractivity contribution in [3.63, 3.8) is 0 Å². The number of ether oxygens (including phenoxy) is 1. The molecule has 41 heavy (non-hydrogen) atoms. The lowest BCUT2D eigenvalue weighted by molar-refractivity contribution is -0.192. The van der Waals surface area contributed by atoms with Gasteiger partial charge in [-0.25, -0.2) is 14.3 Å². The highest BCUT2D eigenvalue weighted by atomic mass is 19.4. The van der Waals surface area contributed by atoms with Crippen molar-refractivity contribution in [2.24, 2.45) is 5.92 Å². The van der Waals surface area contributed by atoms with Crippen molar-refractivity contribution < 1.29 is 42.8 Å². The van der Waals surface area contributed by atoms with E-state index in [0.717, 1.165) is 16.9 Å². The second kappa shape index (κ2) is 13.3. The number of hydrogen-bond donors (Lipinski definition) is 3. The standard InChI is InChI=1S/C24H28N6O4.C2HF3O2/c1-16(2)23(32)24(33)29-7-5-28(6-8-29)21-4-3-17(13-26-21)20-11-19(34-10-9-31)15-30-22(20)18(12-25)14-27-30;3-2(4,5)1(6)7/h3-4,11,13-16,23,31-32H,5-10H2,1-2H3;(H,6,7). The average molecular weight is 579 g/mol. The van der Waals surface area contributed by atoms with Gasteiger partial charge < -0.3 is 29.9 Å². The van der Waals surface area contributed by atoms with Crippen molar-refractivity contribution in [1.82, 2.24) is 19.5 Å². The summed E-state index contributed by atoms with van der Waals surface area (Å²) in [6.45, 7) is 6.00. The van der Waals surface area contributed by atoms with Gasteiger partial charge in [-0.3, -0.25) is 4.79 Å². The number of rotatable bonds is 7. The van der Waals surface area contributed by atoms with Gasteiger partial charge in [0.05, 0.1) is 30.1 Å². The first kappa shape index (κ1) is 31.1. The van der Waals surface area contributed by atoms with Crippen LogP contribution < -0.4 is 9.64 Å². The molecule has 1 fully saturated rings. The lowest BCUT2D eigenvalue weighted by Crippen LogP contribution is -2.52. The van der Waals surface area contributed by atoms with Gasteiger partial charge >= 0.3 is 12.1 Å². The first-order chi connectivity index (χ1) is 19.4. The number of piperazine rings is 1. The molecule has 1 unspecified atom stereocenters. The second-order valence-corrected chi connectivity index (χ2v) is 9.33. The van der Waals surface area contributed by atoms with Crippen LogP contribution in [-0.2, 0) is 9.59 Å². The number of carboxylic acids is 1. The zero-order valence-corrected chi connectivity index (χ0v) is 22.2. The Morgan fingerprint density at radius 2 is 1.83 bits per heavy atom. The molecule has 15 heteroatoms. The third-order valence-electron chi connectivity index (χ3n) is 6.17. The highest BCUT2D eigenvalue weighted by molar-refractivity contribution is 5.85. The summed E-state index contributed by atoms with van der Waals surface area (Å²) in [6, 6.07) is 7.83. The molecule has 0 radical (unpaired) electrons. The van der Waals surface area contributed by atoms with Crippen LogP contribution in [-0.4, -0.2) is 98.4 Å². The Morgan fingerprint density at radius 3 is 2.34 bits per heavy atom. The normalized spacial score (nSPS) is 14.3. The van der Waals surface area contributed by atoms with E-state index in [0.29, 0.717) is 43.0 Å². The van der Waals surface area contributed by atoms with E-state index in [1.54, 1.807) is 21.8 Å². The van der Waals surface area contributed by atoms with Gasteiger partial charge in [0.25, 0.3) is 5.91 Å². The minimum absolute atomic E-state index is 0.110. The number of nitriles is 1. The Hall–Kier alpha value is -4.42. The fourth-order valence-electron chi connectivity index (χ4n) is 4.00. The van der Waals surface area contributed by atoms with Crippen molar-refractivity contribution in [1.29, 1.82) is 5.26 Å². The predicted octanol–water partition coefficient (Wildman–Crippen LogP) is 1.94. The predicted molar refractivity (Wildman–Crippen MR) is 139 cm³/mol. The third-order valence-corrected chi connectivity index (χ3v) is 6.17. The maximum absolute atomic E-state index is 12.4. The molecule has 0 bridgehead atoms. The number of hydrogen-bond acceptors (Lipinski definition) is 9. The molecule has 1 saturated heterocycles. The highest BCUT2D eigenvalue weighted by Gasteiger charge is 2.38. The first-order valence-electron chi connectivity index (χ1n) is 12.5.